The first-order chi connectivity index (χ1) is 19.3. The van der Waals surface area contributed by atoms with Crippen LogP contribution in [0.5, 0.6) is 5.75 Å². The Kier molecular flexibility index (Phi) is 7.45. The third-order valence-electron chi connectivity index (χ3n) is 7.55. The van der Waals surface area contributed by atoms with Gasteiger partial charge in [0.1, 0.15) is 12.4 Å². The second-order valence-corrected chi connectivity index (χ2v) is 10.1. The predicted molar refractivity (Wildman–Crippen MR) is 152 cm³/mol. The second-order valence-electron chi connectivity index (χ2n) is 10.1. The van der Waals surface area contributed by atoms with E-state index in [9.17, 15) is 0 Å². The van der Waals surface area contributed by atoms with E-state index in [-0.39, 0.29) is 12.5 Å². The molecule has 0 spiro atoms. The minimum atomic E-state index is 0.109. The van der Waals surface area contributed by atoms with E-state index in [1.807, 2.05) is 18.2 Å². The molecule has 6 rings (SSSR count). The lowest BCUT2D eigenvalue weighted by atomic mass is 9.69. The van der Waals surface area contributed by atoms with Gasteiger partial charge in [-0.1, -0.05) is 91.0 Å². The Hall–Kier alpha value is -4.29. The van der Waals surface area contributed by atoms with Crippen molar-refractivity contribution in [2.24, 2.45) is 0 Å². The van der Waals surface area contributed by atoms with Crippen molar-refractivity contribution in [3.05, 3.63) is 131 Å². The molecule has 2 unspecified atom stereocenters. The third kappa shape index (κ3) is 5.61. The van der Waals surface area contributed by atoms with Crippen molar-refractivity contribution >= 4 is 0 Å². The number of nitrogens with zero attached hydrogens (tertiary/aromatic N) is 4. The number of hydrogen-bond acceptors (Lipinski definition) is 5. The van der Waals surface area contributed by atoms with Gasteiger partial charge in [0.15, 0.2) is 0 Å². The van der Waals surface area contributed by atoms with Crippen LogP contribution in [0.4, 0.5) is 0 Å². The molecule has 4 aromatic carbocycles. The quantitative estimate of drug-likeness (QED) is 0.254. The maximum atomic E-state index is 9.07. The highest BCUT2D eigenvalue weighted by Gasteiger charge is 2.32. The Bertz CT molecular complexity index is 1500. The lowest BCUT2D eigenvalue weighted by Gasteiger charge is -2.35. The van der Waals surface area contributed by atoms with Crippen LogP contribution in [0.2, 0.25) is 0 Å². The van der Waals surface area contributed by atoms with E-state index in [4.69, 9.17) is 9.84 Å². The Labute approximate surface area is 228 Å². The summed E-state index contributed by atoms with van der Waals surface area (Å²) in [7, 11) is 0. The largest absolute Gasteiger partial charge is 0.489 e. The average molecular weight is 517 g/mol. The highest BCUT2D eigenvalue weighted by molar-refractivity contribution is 5.56. The molecule has 0 fully saturated rings. The van der Waals surface area contributed by atoms with Crippen molar-refractivity contribution in [3.8, 4) is 17.1 Å². The minimum Gasteiger partial charge on any atom is -0.489 e. The number of hydrogen-bond donors (Lipinski definition) is 1. The smallest absolute Gasteiger partial charge is 0.204 e. The average Bonchev–Trinajstić information content (AvgIpc) is 3.48. The highest BCUT2D eigenvalue weighted by Crippen LogP contribution is 2.47. The number of benzene rings is 4. The molecule has 39 heavy (non-hydrogen) atoms. The van der Waals surface area contributed by atoms with Gasteiger partial charge in [-0.25, -0.2) is 0 Å². The van der Waals surface area contributed by atoms with E-state index < -0.39 is 0 Å². The van der Waals surface area contributed by atoms with Crippen LogP contribution in [0.1, 0.15) is 52.5 Å². The fourth-order valence-electron chi connectivity index (χ4n) is 5.60. The highest BCUT2D eigenvalue weighted by atomic mass is 16.5. The van der Waals surface area contributed by atoms with E-state index >= 15 is 0 Å². The van der Waals surface area contributed by atoms with Crippen molar-refractivity contribution in [2.45, 2.75) is 44.2 Å². The molecule has 1 aliphatic carbocycles. The molecular formula is C33H32N4O2. The van der Waals surface area contributed by atoms with E-state index in [1.165, 1.54) is 27.8 Å². The van der Waals surface area contributed by atoms with Crippen LogP contribution in [0.3, 0.4) is 0 Å². The minimum absolute atomic E-state index is 0.109. The molecule has 196 valence electrons. The Balaban J connectivity index is 1.29. The SMILES string of the molecule is OCCCn1nnc(-c2ccc(C3c4ccc(OCc5ccccc5)cc4CCC3c3ccccc3)cc2)n1. The molecular weight excluding hydrogens is 484 g/mol. The number of ether oxygens (including phenoxy) is 1. The van der Waals surface area contributed by atoms with Gasteiger partial charge in [0, 0.05) is 18.1 Å². The summed E-state index contributed by atoms with van der Waals surface area (Å²) in [5.74, 6) is 2.14. The predicted octanol–water partition coefficient (Wildman–Crippen LogP) is 6.16. The van der Waals surface area contributed by atoms with E-state index in [1.54, 1.807) is 4.80 Å². The summed E-state index contributed by atoms with van der Waals surface area (Å²) >= 11 is 0. The summed E-state index contributed by atoms with van der Waals surface area (Å²) in [6.45, 7) is 1.23. The molecule has 1 aromatic heterocycles. The van der Waals surface area contributed by atoms with Crippen molar-refractivity contribution in [1.29, 1.82) is 0 Å². The summed E-state index contributed by atoms with van der Waals surface area (Å²) in [5, 5.41) is 21.9. The van der Waals surface area contributed by atoms with Gasteiger partial charge in [-0.05, 0) is 70.3 Å². The van der Waals surface area contributed by atoms with Gasteiger partial charge in [0.2, 0.25) is 5.82 Å². The lowest BCUT2D eigenvalue weighted by Crippen LogP contribution is -2.20. The van der Waals surface area contributed by atoms with E-state index in [0.717, 1.165) is 24.2 Å². The number of rotatable bonds is 9. The first-order valence-electron chi connectivity index (χ1n) is 13.6. The van der Waals surface area contributed by atoms with Crippen LogP contribution in [-0.2, 0) is 19.6 Å². The van der Waals surface area contributed by atoms with Crippen LogP contribution >= 0.6 is 0 Å². The molecule has 1 N–H and O–H groups in total. The van der Waals surface area contributed by atoms with Crippen molar-refractivity contribution in [1.82, 2.24) is 20.2 Å². The zero-order chi connectivity index (χ0) is 26.4. The summed E-state index contributed by atoms with van der Waals surface area (Å²) in [5.41, 5.74) is 7.47. The van der Waals surface area contributed by atoms with Crippen LogP contribution in [0.25, 0.3) is 11.4 Å². The van der Waals surface area contributed by atoms with Gasteiger partial charge in [-0.2, -0.15) is 4.80 Å². The van der Waals surface area contributed by atoms with Crippen molar-refractivity contribution in [3.63, 3.8) is 0 Å². The number of aliphatic hydroxyl groups excluding tert-OH is 1. The normalized spacial score (nSPS) is 16.5. The molecule has 0 amide bonds. The number of tetrazole rings is 1. The van der Waals surface area contributed by atoms with Gasteiger partial charge < -0.3 is 9.84 Å². The monoisotopic (exact) mass is 516 g/mol. The van der Waals surface area contributed by atoms with Crippen LogP contribution in [0.15, 0.2) is 103 Å². The standard InChI is InChI=1S/C33H32N4O2/c38-21-7-20-37-35-33(34-36-37)27-14-12-26(13-15-27)32-30(25-10-5-2-6-11-25)18-16-28-22-29(17-19-31(28)32)39-23-24-8-3-1-4-9-24/h1-6,8-15,17,19,22,30,32,38H,7,16,18,20-21,23H2. The number of aryl methyl sites for hydroxylation is 2. The lowest BCUT2D eigenvalue weighted by molar-refractivity contribution is 0.272. The summed E-state index contributed by atoms with van der Waals surface area (Å²) < 4.78 is 6.17. The molecule has 5 aromatic rings. The maximum absolute atomic E-state index is 9.07. The first kappa shape index (κ1) is 25.0. The molecule has 6 nitrogen and oxygen atoms in total. The molecule has 0 radical (unpaired) electrons. The summed E-state index contributed by atoms with van der Waals surface area (Å²) in [6, 6.07) is 36.4. The molecule has 1 heterocycles. The first-order valence-corrected chi connectivity index (χ1v) is 13.6. The summed E-state index contributed by atoms with van der Waals surface area (Å²) in [4.78, 5) is 1.54. The number of aromatic nitrogens is 4. The Morgan fingerprint density at radius 3 is 2.38 bits per heavy atom. The molecule has 6 heteroatoms. The Morgan fingerprint density at radius 2 is 1.62 bits per heavy atom. The molecule has 1 aliphatic rings. The van der Waals surface area contributed by atoms with Gasteiger partial charge in [0.05, 0.1) is 6.54 Å². The van der Waals surface area contributed by atoms with Gasteiger partial charge in [0.25, 0.3) is 0 Å². The maximum Gasteiger partial charge on any atom is 0.204 e. The van der Waals surface area contributed by atoms with Gasteiger partial charge in [-0.15, -0.1) is 10.2 Å². The summed E-state index contributed by atoms with van der Waals surface area (Å²) in [6.07, 6.45) is 2.70. The topological polar surface area (TPSA) is 73.1 Å². The van der Waals surface area contributed by atoms with Gasteiger partial charge in [-0.3, -0.25) is 0 Å². The Morgan fingerprint density at radius 1 is 0.846 bits per heavy atom. The van der Waals surface area contributed by atoms with E-state index in [0.29, 0.717) is 31.3 Å². The van der Waals surface area contributed by atoms with Crippen LogP contribution in [0, 0.1) is 0 Å². The molecule has 0 saturated carbocycles. The molecule has 2 atom stereocenters. The molecule has 0 bridgehead atoms. The molecule has 0 saturated heterocycles. The molecule has 0 aliphatic heterocycles. The van der Waals surface area contributed by atoms with Crippen molar-refractivity contribution < 1.29 is 9.84 Å². The zero-order valence-corrected chi connectivity index (χ0v) is 21.9. The van der Waals surface area contributed by atoms with Crippen molar-refractivity contribution in [2.75, 3.05) is 6.61 Å². The van der Waals surface area contributed by atoms with Crippen LogP contribution in [-0.4, -0.2) is 31.9 Å². The van der Waals surface area contributed by atoms with Crippen LogP contribution < -0.4 is 4.74 Å². The fraction of sp³-hybridized carbons (Fsp3) is 0.242. The second kappa shape index (κ2) is 11.6. The fourth-order valence-corrected chi connectivity index (χ4v) is 5.60. The number of fused-ring (bicyclic) bond motifs is 1. The zero-order valence-electron chi connectivity index (χ0n) is 21.9. The van der Waals surface area contributed by atoms with Gasteiger partial charge >= 0.3 is 0 Å². The third-order valence-corrected chi connectivity index (χ3v) is 7.55. The van der Waals surface area contributed by atoms with E-state index in [2.05, 4.69) is 100 Å². The number of aliphatic hydroxyl groups is 1.